The standard InChI is InChI=1S/C13H20F2N2O3S/c1-10(2)17-21(18,19)12-6-4-3-5-11(12)16-7-8-20-9-13(14)15/h3-6,10,13,16-17H,7-9H2,1-2H3. The fourth-order valence-corrected chi connectivity index (χ4v) is 3.09. The molecule has 1 rings (SSSR count). The van der Waals surface area contributed by atoms with E-state index in [1.54, 1.807) is 32.0 Å². The van der Waals surface area contributed by atoms with Gasteiger partial charge in [-0.1, -0.05) is 12.1 Å². The van der Waals surface area contributed by atoms with Crippen LogP contribution in [0.15, 0.2) is 29.2 Å². The molecule has 0 atom stereocenters. The van der Waals surface area contributed by atoms with Gasteiger partial charge < -0.3 is 10.1 Å². The van der Waals surface area contributed by atoms with E-state index in [4.69, 9.17) is 4.74 Å². The Kier molecular flexibility index (Phi) is 7.00. The summed E-state index contributed by atoms with van der Waals surface area (Å²) in [6.07, 6.45) is -2.51. The molecule has 5 nitrogen and oxygen atoms in total. The van der Waals surface area contributed by atoms with Crippen LogP contribution < -0.4 is 10.0 Å². The number of para-hydroxylation sites is 1. The summed E-state index contributed by atoms with van der Waals surface area (Å²) in [5, 5.41) is 2.88. The van der Waals surface area contributed by atoms with Crippen LogP contribution in [0.25, 0.3) is 0 Å². The van der Waals surface area contributed by atoms with Crippen molar-refractivity contribution >= 4 is 15.7 Å². The molecule has 8 heteroatoms. The number of ether oxygens (including phenoxy) is 1. The Bertz CT molecular complexity index is 536. The topological polar surface area (TPSA) is 67.4 Å². The highest BCUT2D eigenvalue weighted by atomic mass is 32.2. The minimum atomic E-state index is -3.62. The monoisotopic (exact) mass is 322 g/mol. The Morgan fingerprint density at radius 2 is 1.90 bits per heavy atom. The Hall–Kier alpha value is -1.25. The van der Waals surface area contributed by atoms with Crippen molar-refractivity contribution in [1.29, 1.82) is 0 Å². The van der Waals surface area contributed by atoms with E-state index in [0.29, 0.717) is 5.69 Å². The van der Waals surface area contributed by atoms with Crippen LogP contribution in [0.5, 0.6) is 0 Å². The lowest BCUT2D eigenvalue weighted by atomic mass is 10.3. The lowest BCUT2D eigenvalue weighted by Gasteiger charge is -2.14. The molecule has 0 heterocycles. The number of alkyl halides is 2. The maximum Gasteiger partial charge on any atom is 0.261 e. The lowest BCUT2D eigenvalue weighted by Crippen LogP contribution is -2.31. The van der Waals surface area contributed by atoms with Gasteiger partial charge in [0, 0.05) is 12.6 Å². The van der Waals surface area contributed by atoms with Gasteiger partial charge in [0.2, 0.25) is 10.0 Å². The van der Waals surface area contributed by atoms with Gasteiger partial charge >= 0.3 is 0 Å². The number of hydrogen-bond acceptors (Lipinski definition) is 4. The molecule has 0 bridgehead atoms. The molecule has 0 aliphatic rings. The number of anilines is 1. The number of rotatable bonds is 9. The number of hydrogen-bond donors (Lipinski definition) is 2. The average molecular weight is 322 g/mol. The molecule has 0 saturated carbocycles. The molecule has 0 aliphatic carbocycles. The van der Waals surface area contributed by atoms with Gasteiger partial charge in [0.1, 0.15) is 11.5 Å². The predicted octanol–water partition coefficient (Wildman–Crippen LogP) is 2.07. The van der Waals surface area contributed by atoms with Gasteiger partial charge in [-0.3, -0.25) is 0 Å². The van der Waals surface area contributed by atoms with Gasteiger partial charge in [0.15, 0.2) is 0 Å². The van der Waals surface area contributed by atoms with Crippen molar-refractivity contribution in [3.8, 4) is 0 Å². The highest BCUT2D eigenvalue weighted by Crippen LogP contribution is 2.20. The van der Waals surface area contributed by atoms with E-state index >= 15 is 0 Å². The van der Waals surface area contributed by atoms with Crippen LogP contribution in [0, 0.1) is 0 Å². The van der Waals surface area contributed by atoms with E-state index < -0.39 is 23.1 Å². The predicted molar refractivity (Wildman–Crippen MR) is 77.2 cm³/mol. The summed E-state index contributed by atoms with van der Waals surface area (Å²) in [6, 6.07) is 6.18. The van der Waals surface area contributed by atoms with Crippen molar-refractivity contribution in [3.05, 3.63) is 24.3 Å². The first-order valence-electron chi connectivity index (χ1n) is 6.54. The zero-order valence-corrected chi connectivity index (χ0v) is 12.8. The second kappa shape index (κ2) is 8.26. The van der Waals surface area contributed by atoms with Gasteiger partial charge in [0.25, 0.3) is 6.43 Å². The van der Waals surface area contributed by atoms with Crippen molar-refractivity contribution in [2.75, 3.05) is 25.1 Å². The summed E-state index contributed by atoms with van der Waals surface area (Å²) in [5.41, 5.74) is 0.409. The minimum Gasteiger partial charge on any atom is -0.382 e. The zero-order valence-electron chi connectivity index (χ0n) is 12.0. The van der Waals surface area contributed by atoms with Crippen LogP contribution in [-0.2, 0) is 14.8 Å². The first-order chi connectivity index (χ1) is 9.83. The lowest BCUT2D eigenvalue weighted by molar-refractivity contribution is 0.0215. The van der Waals surface area contributed by atoms with Crippen LogP contribution in [0.3, 0.4) is 0 Å². The smallest absolute Gasteiger partial charge is 0.261 e. The fourth-order valence-electron chi connectivity index (χ4n) is 1.65. The first-order valence-corrected chi connectivity index (χ1v) is 8.02. The molecule has 0 spiro atoms. The number of nitrogens with one attached hydrogen (secondary N) is 2. The van der Waals surface area contributed by atoms with E-state index in [1.807, 2.05) is 0 Å². The van der Waals surface area contributed by atoms with Crippen LogP contribution in [0.2, 0.25) is 0 Å². The molecule has 0 aromatic heterocycles. The van der Waals surface area contributed by atoms with Crippen LogP contribution in [0.1, 0.15) is 13.8 Å². The third-order valence-electron chi connectivity index (χ3n) is 2.37. The maximum absolute atomic E-state index is 12.2. The molecule has 0 saturated heterocycles. The molecular formula is C13H20F2N2O3S. The van der Waals surface area contributed by atoms with E-state index in [9.17, 15) is 17.2 Å². The molecule has 2 N–H and O–H groups in total. The van der Waals surface area contributed by atoms with Gasteiger partial charge in [-0.25, -0.2) is 21.9 Å². The van der Waals surface area contributed by atoms with Crippen molar-refractivity contribution in [1.82, 2.24) is 4.72 Å². The number of sulfonamides is 1. The van der Waals surface area contributed by atoms with Gasteiger partial charge in [-0.15, -0.1) is 0 Å². The fraction of sp³-hybridized carbons (Fsp3) is 0.538. The summed E-state index contributed by atoms with van der Waals surface area (Å²) in [7, 11) is -3.62. The minimum absolute atomic E-state index is 0.0658. The Morgan fingerprint density at radius 3 is 2.52 bits per heavy atom. The molecule has 120 valence electrons. The van der Waals surface area contributed by atoms with Crippen molar-refractivity contribution in [3.63, 3.8) is 0 Å². The summed E-state index contributed by atoms with van der Waals surface area (Å²) in [5.74, 6) is 0. The molecule has 0 amide bonds. The normalized spacial score (nSPS) is 12.1. The van der Waals surface area contributed by atoms with Gasteiger partial charge in [-0.2, -0.15) is 0 Å². The molecule has 0 aliphatic heterocycles. The third kappa shape index (κ3) is 6.36. The Labute approximate surface area is 123 Å². The molecule has 21 heavy (non-hydrogen) atoms. The molecule has 1 aromatic rings. The number of halogens is 2. The van der Waals surface area contributed by atoms with Gasteiger partial charge in [-0.05, 0) is 26.0 Å². The van der Waals surface area contributed by atoms with Crippen molar-refractivity contribution in [2.45, 2.75) is 31.2 Å². The molecular weight excluding hydrogens is 302 g/mol. The third-order valence-corrected chi connectivity index (χ3v) is 4.09. The zero-order chi connectivity index (χ0) is 15.9. The molecule has 0 fully saturated rings. The van der Waals surface area contributed by atoms with E-state index in [0.717, 1.165) is 0 Å². The van der Waals surface area contributed by atoms with Crippen molar-refractivity contribution < 1.29 is 21.9 Å². The number of benzene rings is 1. The summed E-state index contributed by atoms with van der Waals surface area (Å²) in [4.78, 5) is 0.118. The van der Waals surface area contributed by atoms with E-state index in [-0.39, 0.29) is 24.1 Å². The van der Waals surface area contributed by atoms with Crippen molar-refractivity contribution in [2.24, 2.45) is 0 Å². The van der Waals surface area contributed by atoms with Crippen LogP contribution in [-0.4, -0.2) is 40.6 Å². The van der Waals surface area contributed by atoms with Crippen LogP contribution in [0.4, 0.5) is 14.5 Å². The second-order valence-corrected chi connectivity index (χ2v) is 6.35. The summed E-state index contributed by atoms with van der Waals surface area (Å²) >= 11 is 0. The quantitative estimate of drug-likeness (QED) is 0.683. The highest BCUT2D eigenvalue weighted by molar-refractivity contribution is 7.89. The maximum atomic E-state index is 12.2. The van der Waals surface area contributed by atoms with E-state index in [1.165, 1.54) is 6.07 Å². The SMILES string of the molecule is CC(C)NS(=O)(=O)c1ccccc1NCCOCC(F)F. The Balaban J connectivity index is 2.67. The molecule has 1 aromatic carbocycles. The van der Waals surface area contributed by atoms with Gasteiger partial charge in [0.05, 0.1) is 12.3 Å². The second-order valence-electron chi connectivity index (χ2n) is 4.66. The van der Waals surface area contributed by atoms with E-state index in [2.05, 4.69) is 10.0 Å². The first kappa shape index (κ1) is 17.8. The Morgan fingerprint density at radius 1 is 1.24 bits per heavy atom. The highest BCUT2D eigenvalue weighted by Gasteiger charge is 2.18. The molecule has 0 radical (unpaired) electrons. The summed E-state index contributed by atoms with van der Waals surface area (Å²) < 4.78 is 55.3. The van der Waals surface area contributed by atoms with Crippen LogP contribution >= 0.6 is 0 Å². The largest absolute Gasteiger partial charge is 0.382 e. The average Bonchev–Trinajstić information content (AvgIpc) is 2.37. The molecule has 0 unspecified atom stereocenters. The summed E-state index contributed by atoms with van der Waals surface area (Å²) in [6.45, 7) is 3.13.